The van der Waals surface area contributed by atoms with Gasteiger partial charge in [-0.1, -0.05) is 6.07 Å². The van der Waals surface area contributed by atoms with E-state index >= 15 is 0 Å². The molecule has 0 atom stereocenters. The normalized spacial score (nSPS) is 14.0. The number of carbonyl (C=O) groups excluding carboxylic acids is 1. The van der Waals surface area contributed by atoms with E-state index in [1.54, 1.807) is 20.3 Å². The topological polar surface area (TPSA) is 76.6 Å². The molecule has 26 heavy (non-hydrogen) atoms. The van der Waals surface area contributed by atoms with Gasteiger partial charge in [-0.2, -0.15) is 0 Å². The summed E-state index contributed by atoms with van der Waals surface area (Å²) in [6, 6.07) is 9.12. The number of nitrogens with one attached hydrogen (secondary N) is 1. The molecule has 1 aromatic heterocycles. The number of hydrogen-bond acceptors (Lipinski definition) is 6. The van der Waals surface area contributed by atoms with E-state index in [1.807, 2.05) is 24.3 Å². The number of benzene rings is 1. The summed E-state index contributed by atoms with van der Waals surface area (Å²) in [6.45, 7) is 2.37. The zero-order valence-corrected chi connectivity index (χ0v) is 15.2. The van der Waals surface area contributed by atoms with E-state index in [4.69, 9.17) is 9.47 Å². The highest BCUT2D eigenvalue weighted by Gasteiger charge is 2.14. The molecule has 1 aliphatic rings. The first-order valence-corrected chi connectivity index (χ1v) is 8.79. The van der Waals surface area contributed by atoms with E-state index in [2.05, 4.69) is 20.4 Å². The highest BCUT2D eigenvalue weighted by molar-refractivity contribution is 5.92. The smallest absolute Gasteiger partial charge is 0.272 e. The maximum Gasteiger partial charge on any atom is 0.272 e. The molecule has 2 aromatic rings. The van der Waals surface area contributed by atoms with Crippen LogP contribution in [-0.2, 0) is 6.54 Å². The van der Waals surface area contributed by atoms with Crippen molar-refractivity contribution in [3.8, 4) is 11.5 Å². The molecule has 0 saturated carbocycles. The minimum atomic E-state index is -0.252. The quantitative estimate of drug-likeness (QED) is 0.857. The number of nitrogens with zero attached hydrogens (tertiary/aromatic N) is 3. The first-order valence-electron chi connectivity index (χ1n) is 8.79. The predicted octanol–water partition coefficient (Wildman–Crippen LogP) is 2.41. The predicted molar refractivity (Wildman–Crippen MR) is 98.8 cm³/mol. The molecule has 1 fully saturated rings. The van der Waals surface area contributed by atoms with Gasteiger partial charge in [0.25, 0.3) is 5.91 Å². The fourth-order valence-electron chi connectivity index (χ4n) is 3.00. The number of hydrogen-bond donors (Lipinski definition) is 1. The van der Waals surface area contributed by atoms with Gasteiger partial charge in [0, 0.05) is 19.6 Å². The Morgan fingerprint density at radius 2 is 1.81 bits per heavy atom. The van der Waals surface area contributed by atoms with Crippen molar-refractivity contribution in [1.82, 2.24) is 15.5 Å². The zero-order chi connectivity index (χ0) is 18.4. The number of aromatic nitrogens is 2. The van der Waals surface area contributed by atoms with Crippen LogP contribution in [0.3, 0.4) is 0 Å². The van der Waals surface area contributed by atoms with E-state index in [-0.39, 0.29) is 5.91 Å². The van der Waals surface area contributed by atoms with E-state index in [9.17, 15) is 4.79 Å². The minimum Gasteiger partial charge on any atom is -0.493 e. The Morgan fingerprint density at radius 3 is 2.46 bits per heavy atom. The first kappa shape index (κ1) is 18.0. The molecule has 0 spiro atoms. The maximum atomic E-state index is 12.3. The monoisotopic (exact) mass is 356 g/mol. The average molecular weight is 356 g/mol. The lowest BCUT2D eigenvalue weighted by Crippen LogP contribution is -2.31. The lowest BCUT2D eigenvalue weighted by Gasteiger charge is -2.27. The second-order valence-electron chi connectivity index (χ2n) is 6.20. The molecule has 0 radical (unpaired) electrons. The van der Waals surface area contributed by atoms with Gasteiger partial charge in [0.2, 0.25) is 0 Å². The average Bonchev–Trinajstić information content (AvgIpc) is 2.72. The summed E-state index contributed by atoms with van der Waals surface area (Å²) in [5.74, 6) is 1.87. The largest absolute Gasteiger partial charge is 0.493 e. The molecule has 138 valence electrons. The Labute approximate surface area is 153 Å². The molecule has 1 aliphatic heterocycles. The van der Waals surface area contributed by atoms with Crippen LogP contribution < -0.4 is 19.7 Å². The molecule has 7 nitrogen and oxygen atoms in total. The maximum absolute atomic E-state index is 12.3. The number of amides is 1. The van der Waals surface area contributed by atoms with Gasteiger partial charge in [-0.15, -0.1) is 10.2 Å². The second kappa shape index (κ2) is 8.51. The van der Waals surface area contributed by atoms with E-state index in [0.29, 0.717) is 23.7 Å². The molecule has 0 unspecified atom stereocenters. The standard InChI is InChI=1S/C19H24N4O3/c1-25-16-8-6-14(12-17(16)26-2)13-20-19(24)15-7-9-18(22-21-15)23-10-4-3-5-11-23/h6-9,12H,3-5,10-11,13H2,1-2H3,(H,20,24). The third kappa shape index (κ3) is 4.22. The summed E-state index contributed by atoms with van der Waals surface area (Å²) < 4.78 is 10.5. The fraction of sp³-hybridized carbons (Fsp3) is 0.421. The molecule has 7 heteroatoms. The Kier molecular flexibility index (Phi) is 5.88. The van der Waals surface area contributed by atoms with Crippen molar-refractivity contribution < 1.29 is 14.3 Å². The molecule has 3 rings (SSSR count). The van der Waals surface area contributed by atoms with Gasteiger partial charge >= 0.3 is 0 Å². The molecular weight excluding hydrogens is 332 g/mol. The Bertz CT molecular complexity index is 743. The van der Waals surface area contributed by atoms with Gasteiger partial charge in [0.05, 0.1) is 14.2 Å². The van der Waals surface area contributed by atoms with Crippen molar-refractivity contribution in [2.45, 2.75) is 25.8 Å². The highest BCUT2D eigenvalue weighted by atomic mass is 16.5. The molecular formula is C19H24N4O3. The van der Waals surface area contributed by atoms with E-state index < -0.39 is 0 Å². The lowest BCUT2D eigenvalue weighted by molar-refractivity contribution is 0.0945. The summed E-state index contributed by atoms with van der Waals surface area (Å²) in [7, 11) is 3.17. The second-order valence-corrected chi connectivity index (χ2v) is 6.20. The number of anilines is 1. The first-order chi connectivity index (χ1) is 12.7. The van der Waals surface area contributed by atoms with Gasteiger partial charge in [0.15, 0.2) is 23.0 Å². The third-order valence-corrected chi connectivity index (χ3v) is 4.46. The van der Waals surface area contributed by atoms with Crippen LogP contribution in [0, 0.1) is 0 Å². The van der Waals surface area contributed by atoms with Crippen LogP contribution in [0.25, 0.3) is 0 Å². The van der Waals surface area contributed by atoms with Gasteiger partial charge in [-0.05, 0) is 49.1 Å². The number of carbonyl (C=O) groups is 1. The lowest BCUT2D eigenvalue weighted by atomic mass is 10.1. The van der Waals surface area contributed by atoms with Gasteiger partial charge < -0.3 is 19.7 Å². The van der Waals surface area contributed by atoms with Gasteiger partial charge in [-0.3, -0.25) is 4.79 Å². The molecule has 1 saturated heterocycles. The number of methoxy groups -OCH3 is 2. The number of piperidine rings is 1. The van der Waals surface area contributed by atoms with Gasteiger partial charge in [-0.25, -0.2) is 0 Å². The molecule has 1 N–H and O–H groups in total. The molecule has 0 aliphatic carbocycles. The fourth-order valence-corrected chi connectivity index (χ4v) is 3.00. The summed E-state index contributed by atoms with van der Waals surface area (Å²) in [6.07, 6.45) is 3.62. The van der Waals surface area contributed by atoms with Crippen molar-refractivity contribution in [2.75, 3.05) is 32.2 Å². The van der Waals surface area contributed by atoms with Crippen molar-refractivity contribution in [1.29, 1.82) is 0 Å². The minimum absolute atomic E-state index is 0.252. The van der Waals surface area contributed by atoms with Crippen LogP contribution in [0.1, 0.15) is 35.3 Å². The van der Waals surface area contributed by atoms with Gasteiger partial charge in [0.1, 0.15) is 0 Å². The molecule has 2 heterocycles. The van der Waals surface area contributed by atoms with Crippen LogP contribution in [0.2, 0.25) is 0 Å². The number of ether oxygens (including phenoxy) is 2. The Balaban J connectivity index is 1.59. The summed E-state index contributed by atoms with van der Waals surface area (Å²) in [5, 5.41) is 11.1. The van der Waals surface area contributed by atoms with Crippen LogP contribution >= 0.6 is 0 Å². The highest BCUT2D eigenvalue weighted by Crippen LogP contribution is 2.27. The van der Waals surface area contributed by atoms with E-state index in [0.717, 1.165) is 24.5 Å². The van der Waals surface area contributed by atoms with Crippen LogP contribution in [0.5, 0.6) is 11.5 Å². The van der Waals surface area contributed by atoms with Crippen LogP contribution in [0.15, 0.2) is 30.3 Å². The van der Waals surface area contributed by atoms with Crippen molar-refractivity contribution in [2.24, 2.45) is 0 Å². The molecule has 1 aromatic carbocycles. The number of rotatable bonds is 6. The van der Waals surface area contributed by atoms with E-state index in [1.165, 1.54) is 19.3 Å². The SMILES string of the molecule is COc1ccc(CNC(=O)c2ccc(N3CCCCC3)nn2)cc1OC. The summed E-state index contributed by atoms with van der Waals surface area (Å²) >= 11 is 0. The summed E-state index contributed by atoms with van der Waals surface area (Å²) in [5.41, 5.74) is 1.22. The van der Waals surface area contributed by atoms with Crippen molar-refractivity contribution >= 4 is 11.7 Å². The van der Waals surface area contributed by atoms with Crippen molar-refractivity contribution in [3.63, 3.8) is 0 Å². The Morgan fingerprint density at radius 1 is 1.04 bits per heavy atom. The molecule has 1 amide bonds. The van der Waals surface area contributed by atoms with Crippen LogP contribution in [-0.4, -0.2) is 43.4 Å². The van der Waals surface area contributed by atoms with Crippen molar-refractivity contribution in [3.05, 3.63) is 41.6 Å². The summed E-state index contributed by atoms with van der Waals surface area (Å²) in [4.78, 5) is 14.5. The third-order valence-electron chi connectivity index (χ3n) is 4.46. The zero-order valence-electron chi connectivity index (χ0n) is 15.2. The molecule has 0 bridgehead atoms. The Hall–Kier alpha value is -2.83. The van der Waals surface area contributed by atoms with Crippen LogP contribution in [0.4, 0.5) is 5.82 Å².